The number of nitrogens with zero attached hydrogens (tertiary/aromatic N) is 5. The van der Waals surface area contributed by atoms with Crippen molar-refractivity contribution < 1.29 is 4.42 Å². The summed E-state index contributed by atoms with van der Waals surface area (Å²) in [6, 6.07) is 33.3. The number of rotatable bonds is 5. The molecule has 0 saturated heterocycles. The van der Waals surface area contributed by atoms with Gasteiger partial charge in [-0.25, -0.2) is 4.98 Å². The topological polar surface area (TPSA) is 48.6 Å². The van der Waals surface area contributed by atoms with Gasteiger partial charge in [0.15, 0.2) is 5.58 Å². The van der Waals surface area contributed by atoms with E-state index in [0.717, 1.165) is 62.7 Å². The van der Waals surface area contributed by atoms with Crippen LogP contribution in [0.15, 0.2) is 126 Å². The molecule has 0 unspecified atom stereocenters. The molecule has 3 aromatic carbocycles. The fraction of sp³-hybridized carbons (Fsp3) is 0.0625. The fourth-order valence-electron chi connectivity index (χ4n) is 5.05. The van der Waals surface area contributed by atoms with Gasteiger partial charge in [-0.05, 0) is 54.6 Å². The lowest BCUT2D eigenvalue weighted by molar-refractivity contribution is 0.496. The van der Waals surface area contributed by atoms with Gasteiger partial charge in [0.1, 0.15) is 11.4 Å². The van der Waals surface area contributed by atoms with Crippen LogP contribution >= 0.6 is 0 Å². The van der Waals surface area contributed by atoms with Gasteiger partial charge in [0.05, 0.1) is 18.6 Å². The molecule has 0 bridgehead atoms. The van der Waals surface area contributed by atoms with Crippen LogP contribution in [0.25, 0.3) is 33.2 Å². The number of benzene rings is 3. The zero-order valence-electron chi connectivity index (χ0n) is 20.9. The molecule has 38 heavy (non-hydrogen) atoms. The van der Waals surface area contributed by atoms with Gasteiger partial charge in [0, 0.05) is 59.0 Å². The average Bonchev–Trinajstić information content (AvgIpc) is 3.58. The van der Waals surface area contributed by atoms with Crippen molar-refractivity contribution in [3.63, 3.8) is 0 Å². The van der Waals surface area contributed by atoms with Gasteiger partial charge in [-0.15, -0.1) is 0 Å². The molecular weight excluding hydrogens is 470 g/mol. The molecule has 184 valence electrons. The number of furan rings is 1. The number of hydrogen-bond acceptors (Lipinski definition) is 6. The van der Waals surface area contributed by atoms with Crippen molar-refractivity contribution in [1.29, 1.82) is 0 Å². The molecule has 1 aliphatic heterocycles. The standard InChI is InChI=1S/C32H25N5O/c1-35-18-19-36(22-35)24-10-5-11-25(20-24)37(23-8-3-2-4-9-23)31-15-7-14-29(34-31)28-13-6-12-27-26-16-17-33-21-30(26)38-32(27)28/h2-21H,22H2,1H3. The molecule has 6 nitrogen and oxygen atoms in total. The number of hydrogen-bond donors (Lipinski definition) is 0. The van der Waals surface area contributed by atoms with Crippen molar-refractivity contribution in [3.8, 4) is 11.3 Å². The van der Waals surface area contributed by atoms with E-state index in [1.807, 2.05) is 18.2 Å². The van der Waals surface area contributed by atoms with Crippen LogP contribution in [0.2, 0.25) is 0 Å². The quantitative estimate of drug-likeness (QED) is 0.244. The van der Waals surface area contributed by atoms with Crippen LogP contribution in [0.5, 0.6) is 0 Å². The van der Waals surface area contributed by atoms with E-state index in [9.17, 15) is 0 Å². The molecule has 0 atom stereocenters. The van der Waals surface area contributed by atoms with Gasteiger partial charge in [-0.2, -0.15) is 0 Å². The van der Waals surface area contributed by atoms with Crippen molar-refractivity contribution >= 4 is 44.8 Å². The van der Waals surface area contributed by atoms with Crippen molar-refractivity contribution in [2.24, 2.45) is 0 Å². The molecule has 1 aliphatic rings. The SMILES string of the molecule is CN1C=CN(c2cccc(N(c3ccccc3)c3cccc(-c4cccc5c4oc4cnccc45)n3)c2)C1. The number of para-hydroxylation sites is 2. The van der Waals surface area contributed by atoms with Crippen LogP contribution in [0, 0.1) is 0 Å². The molecule has 0 spiro atoms. The molecule has 3 aromatic heterocycles. The van der Waals surface area contributed by atoms with E-state index in [4.69, 9.17) is 9.40 Å². The first kappa shape index (κ1) is 22.1. The van der Waals surface area contributed by atoms with E-state index in [1.165, 1.54) is 0 Å². The van der Waals surface area contributed by atoms with Gasteiger partial charge in [-0.1, -0.05) is 42.5 Å². The first-order chi connectivity index (χ1) is 18.7. The van der Waals surface area contributed by atoms with Crippen LogP contribution in [0.4, 0.5) is 22.9 Å². The van der Waals surface area contributed by atoms with Gasteiger partial charge in [0.2, 0.25) is 0 Å². The van der Waals surface area contributed by atoms with Crippen molar-refractivity contribution in [2.45, 2.75) is 0 Å². The van der Waals surface area contributed by atoms with Crippen LogP contribution in [-0.2, 0) is 0 Å². The molecular formula is C32H25N5O. The maximum absolute atomic E-state index is 6.26. The smallest absolute Gasteiger partial charge is 0.153 e. The Morgan fingerprint density at radius 2 is 1.63 bits per heavy atom. The molecule has 0 radical (unpaired) electrons. The van der Waals surface area contributed by atoms with E-state index in [0.29, 0.717) is 0 Å². The molecule has 0 saturated carbocycles. The van der Waals surface area contributed by atoms with E-state index < -0.39 is 0 Å². The fourth-order valence-corrected chi connectivity index (χ4v) is 5.05. The van der Waals surface area contributed by atoms with Crippen LogP contribution in [-0.4, -0.2) is 28.6 Å². The largest absolute Gasteiger partial charge is 0.454 e. The van der Waals surface area contributed by atoms with Gasteiger partial charge >= 0.3 is 0 Å². The Morgan fingerprint density at radius 1 is 0.789 bits per heavy atom. The summed E-state index contributed by atoms with van der Waals surface area (Å²) in [5, 5.41) is 2.11. The summed E-state index contributed by atoms with van der Waals surface area (Å²) in [4.78, 5) is 16.0. The zero-order valence-corrected chi connectivity index (χ0v) is 20.9. The predicted molar refractivity (Wildman–Crippen MR) is 154 cm³/mol. The average molecular weight is 496 g/mol. The molecule has 0 N–H and O–H groups in total. The summed E-state index contributed by atoms with van der Waals surface area (Å²) in [6.07, 6.45) is 7.75. The highest BCUT2D eigenvalue weighted by Gasteiger charge is 2.19. The normalized spacial score (nSPS) is 13.1. The van der Waals surface area contributed by atoms with E-state index in [1.54, 1.807) is 12.4 Å². The van der Waals surface area contributed by atoms with Crippen LogP contribution in [0.1, 0.15) is 0 Å². The minimum atomic E-state index is 0.774. The minimum absolute atomic E-state index is 0.774. The third kappa shape index (κ3) is 3.83. The minimum Gasteiger partial charge on any atom is -0.454 e. The van der Waals surface area contributed by atoms with E-state index >= 15 is 0 Å². The first-order valence-electron chi connectivity index (χ1n) is 12.6. The second kappa shape index (κ2) is 9.09. The maximum atomic E-state index is 6.26. The molecule has 7 rings (SSSR count). The Labute approximate surface area is 220 Å². The van der Waals surface area contributed by atoms with E-state index in [2.05, 4.69) is 118 Å². The maximum Gasteiger partial charge on any atom is 0.153 e. The number of anilines is 4. The summed E-state index contributed by atoms with van der Waals surface area (Å²) >= 11 is 0. The third-order valence-electron chi connectivity index (χ3n) is 6.85. The summed E-state index contributed by atoms with van der Waals surface area (Å²) in [7, 11) is 2.07. The summed E-state index contributed by atoms with van der Waals surface area (Å²) in [5.74, 6) is 0.828. The Morgan fingerprint density at radius 3 is 2.50 bits per heavy atom. The Balaban J connectivity index is 1.36. The molecule has 6 heteroatoms. The monoisotopic (exact) mass is 495 g/mol. The molecule has 0 aliphatic carbocycles. The molecule has 0 amide bonds. The zero-order chi connectivity index (χ0) is 25.5. The predicted octanol–water partition coefficient (Wildman–Crippen LogP) is 7.69. The van der Waals surface area contributed by atoms with Crippen LogP contribution < -0.4 is 9.80 Å². The van der Waals surface area contributed by atoms with Gasteiger partial charge in [-0.3, -0.25) is 9.88 Å². The third-order valence-corrected chi connectivity index (χ3v) is 6.85. The molecule has 4 heterocycles. The first-order valence-corrected chi connectivity index (χ1v) is 12.6. The lowest BCUT2D eigenvalue weighted by Gasteiger charge is -2.26. The Bertz CT molecular complexity index is 1790. The van der Waals surface area contributed by atoms with Crippen molar-refractivity contribution in [3.05, 3.63) is 122 Å². The van der Waals surface area contributed by atoms with E-state index in [-0.39, 0.29) is 0 Å². The summed E-state index contributed by atoms with van der Waals surface area (Å²) < 4.78 is 6.26. The Hall–Kier alpha value is -5.10. The van der Waals surface area contributed by atoms with Crippen LogP contribution in [0.3, 0.4) is 0 Å². The van der Waals surface area contributed by atoms with Gasteiger partial charge in [0.25, 0.3) is 0 Å². The molecule has 0 fully saturated rings. The highest BCUT2D eigenvalue weighted by Crippen LogP contribution is 2.38. The second-order valence-corrected chi connectivity index (χ2v) is 9.39. The molecule has 6 aromatic rings. The van der Waals surface area contributed by atoms with Crippen molar-refractivity contribution in [2.75, 3.05) is 23.5 Å². The highest BCUT2D eigenvalue weighted by atomic mass is 16.3. The number of pyridine rings is 2. The Kier molecular flexibility index (Phi) is 5.29. The second-order valence-electron chi connectivity index (χ2n) is 9.39. The number of fused-ring (bicyclic) bond motifs is 3. The highest BCUT2D eigenvalue weighted by molar-refractivity contribution is 6.09. The lowest BCUT2D eigenvalue weighted by atomic mass is 10.1. The van der Waals surface area contributed by atoms with Crippen molar-refractivity contribution in [1.82, 2.24) is 14.9 Å². The van der Waals surface area contributed by atoms with Gasteiger partial charge < -0.3 is 14.2 Å². The summed E-state index contributed by atoms with van der Waals surface area (Å²) in [5.41, 5.74) is 6.59. The number of aromatic nitrogens is 2. The lowest BCUT2D eigenvalue weighted by Crippen LogP contribution is -2.22. The summed E-state index contributed by atoms with van der Waals surface area (Å²) in [6.45, 7) is 0.819.